The number of nitrogens with one attached hydrogen (secondary N) is 1. The van der Waals surface area contributed by atoms with Gasteiger partial charge in [0.05, 0.1) is 11.7 Å². The lowest BCUT2D eigenvalue weighted by Gasteiger charge is -2.35. The molecule has 1 saturated heterocycles. The molecular weight excluding hydrogens is 410 g/mol. The quantitative estimate of drug-likeness (QED) is 0.537. The SMILES string of the molecule is CCCNC(=O)CCc1c(C)nc2cc([C@H]3CCCCN3Cc3ccccc3C)nn2c1C. The molecule has 1 amide bonds. The van der Waals surface area contributed by atoms with Crippen molar-refractivity contribution >= 4 is 11.6 Å². The zero-order chi connectivity index (χ0) is 23.4. The zero-order valence-corrected chi connectivity index (χ0v) is 20.5. The third-order valence-corrected chi connectivity index (χ3v) is 6.95. The van der Waals surface area contributed by atoms with Gasteiger partial charge in [-0.25, -0.2) is 9.50 Å². The van der Waals surface area contributed by atoms with Gasteiger partial charge in [-0.1, -0.05) is 37.6 Å². The maximum Gasteiger partial charge on any atom is 0.220 e. The largest absolute Gasteiger partial charge is 0.356 e. The van der Waals surface area contributed by atoms with Crippen LogP contribution in [0, 0.1) is 20.8 Å². The first-order chi connectivity index (χ1) is 16.0. The summed E-state index contributed by atoms with van der Waals surface area (Å²) >= 11 is 0. The van der Waals surface area contributed by atoms with Crippen LogP contribution >= 0.6 is 0 Å². The van der Waals surface area contributed by atoms with E-state index >= 15 is 0 Å². The highest BCUT2D eigenvalue weighted by Gasteiger charge is 2.27. The molecule has 1 aromatic carbocycles. The molecule has 1 atom stereocenters. The Hall–Kier alpha value is -2.73. The average molecular weight is 448 g/mol. The Balaban J connectivity index is 1.58. The monoisotopic (exact) mass is 447 g/mol. The number of hydrogen-bond donors (Lipinski definition) is 1. The van der Waals surface area contributed by atoms with E-state index in [9.17, 15) is 4.79 Å². The zero-order valence-electron chi connectivity index (χ0n) is 20.5. The summed E-state index contributed by atoms with van der Waals surface area (Å²) < 4.78 is 1.99. The maximum absolute atomic E-state index is 12.1. The number of piperidine rings is 1. The van der Waals surface area contributed by atoms with Crippen LogP contribution in [-0.4, -0.2) is 38.5 Å². The number of benzene rings is 1. The lowest BCUT2D eigenvalue weighted by molar-refractivity contribution is -0.121. The highest BCUT2D eigenvalue weighted by molar-refractivity contribution is 5.76. The molecule has 0 saturated carbocycles. The number of hydrogen-bond acceptors (Lipinski definition) is 4. The summed E-state index contributed by atoms with van der Waals surface area (Å²) in [6.45, 7) is 11.2. The number of aromatic nitrogens is 3. The number of rotatable bonds is 8. The second-order valence-corrected chi connectivity index (χ2v) is 9.36. The van der Waals surface area contributed by atoms with E-state index in [-0.39, 0.29) is 5.91 Å². The minimum atomic E-state index is 0.103. The van der Waals surface area contributed by atoms with Gasteiger partial charge in [-0.15, -0.1) is 0 Å². The van der Waals surface area contributed by atoms with Gasteiger partial charge in [-0.2, -0.15) is 5.10 Å². The average Bonchev–Trinajstić information content (AvgIpc) is 3.23. The Bertz CT molecular complexity index is 1120. The molecule has 4 rings (SSSR count). The van der Waals surface area contributed by atoms with Crippen LogP contribution in [0.2, 0.25) is 0 Å². The topological polar surface area (TPSA) is 62.5 Å². The van der Waals surface area contributed by atoms with Crippen LogP contribution in [0.4, 0.5) is 0 Å². The van der Waals surface area contributed by atoms with Gasteiger partial charge in [0.2, 0.25) is 5.91 Å². The fraction of sp³-hybridized carbons (Fsp3) is 0.519. The van der Waals surface area contributed by atoms with Gasteiger partial charge in [0.15, 0.2) is 5.65 Å². The van der Waals surface area contributed by atoms with Crippen LogP contribution in [0.25, 0.3) is 5.65 Å². The van der Waals surface area contributed by atoms with Crippen molar-refractivity contribution < 1.29 is 4.79 Å². The first kappa shape index (κ1) is 23.4. The number of nitrogens with zero attached hydrogens (tertiary/aromatic N) is 4. The highest BCUT2D eigenvalue weighted by Crippen LogP contribution is 2.32. The second kappa shape index (κ2) is 10.5. The van der Waals surface area contributed by atoms with Gasteiger partial charge >= 0.3 is 0 Å². The first-order valence-electron chi connectivity index (χ1n) is 12.4. The number of amides is 1. The Kier molecular flexibility index (Phi) is 7.43. The van der Waals surface area contributed by atoms with E-state index in [0.717, 1.165) is 60.8 Å². The summed E-state index contributed by atoms with van der Waals surface area (Å²) in [6.07, 6.45) is 5.71. The molecule has 3 aromatic rings. The Labute approximate surface area is 197 Å². The van der Waals surface area contributed by atoms with Crippen LogP contribution in [0.3, 0.4) is 0 Å². The number of aryl methyl sites for hydroxylation is 3. The van der Waals surface area contributed by atoms with E-state index in [1.54, 1.807) is 0 Å². The predicted molar refractivity (Wildman–Crippen MR) is 132 cm³/mol. The molecule has 6 nitrogen and oxygen atoms in total. The molecule has 0 unspecified atom stereocenters. The molecule has 2 aromatic heterocycles. The van der Waals surface area contributed by atoms with Crippen molar-refractivity contribution in [3.05, 3.63) is 64.1 Å². The normalized spacial score (nSPS) is 16.9. The fourth-order valence-corrected chi connectivity index (χ4v) is 4.98. The fourth-order valence-electron chi connectivity index (χ4n) is 4.98. The van der Waals surface area contributed by atoms with Gasteiger partial charge in [-0.05, 0) is 69.7 Å². The lowest BCUT2D eigenvalue weighted by Crippen LogP contribution is -2.33. The number of fused-ring (bicyclic) bond motifs is 1. The van der Waals surface area contributed by atoms with Crippen LogP contribution in [0.5, 0.6) is 0 Å². The van der Waals surface area contributed by atoms with Gasteiger partial charge < -0.3 is 5.32 Å². The molecule has 176 valence electrons. The lowest BCUT2D eigenvalue weighted by atomic mass is 9.98. The molecule has 0 radical (unpaired) electrons. The van der Waals surface area contributed by atoms with E-state index in [1.165, 1.54) is 24.0 Å². The molecule has 0 bridgehead atoms. The molecule has 1 fully saturated rings. The Morgan fingerprint density at radius 1 is 1.18 bits per heavy atom. The molecule has 1 aliphatic heterocycles. The van der Waals surface area contributed by atoms with Crippen molar-refractivity contribution in [2.75, 3.05) is 13.1 Å². The number of carbonyl (C=O) groups excluding carboxylic acids is 1. The van der Waals surface area contributed by atoms with Crippen LogP contribution in [0.1, 0.15) is 78.8 Å². The van der Waals surface area contributed by atoms with E-state index < -0.39 is 0 Å². The summed E-state index contributed by atoms with van der Waals surface area (Å²) in [5.41, 5.74) is 7.96. The van der Waals surface area contributed by atoms with E-state index in [1.807, 2.05) is 11.4 Å². The van der Waals surface area contributed by atoms with Crippen molar-refractivity contribution in [2.45, 2.75) is 78.8 Å². The molecule has 6 heteroatoms. The Morgan fingerprint density at radius 3 is 2.79 bits per heavy atom. The van der Waals surface area contributed by atoms with Crippen molar-refractivity contribution in [3.63, 3.8) is 0 Å². The van der Waals surface area contributed by atoms with Crippen molar-refractivity contribution in [1.82, 2.24) is 24.8 Å². The van der Waals surface area contributed by atoms with E-state index in [2.05, 4.69) is 61.3 Å². The van der Waals surface area contributed by atoms with Crippen LogP contribution in [0.15, 0.2) is 30.3 Å². The van der Waals surface area contributed by atoms with Crippen molar-refractivity contribution in [1.29, 1.82) is 0 Å². The summed E-state index contributed by atoms with van der Waals surface area (Å²) in [5, 5.41) is 8.01. The smallest absolute Gasteiger partial charge is 0.220 e. The minimum Gasteiger partial charge on any atom is -0.356 e. The van der Waals surface area contributed by atoms with E-state index in [0.29, 0.717) is 18.9 Å². The van der Waals surface area contributed by atoms with Crippen molar-refractivity contribution in [3.8, 4) is 0 Å². The molecule has 1 N–H and O–H groups in total. The molecule has 0 aliphatic carbocycles. The standard InChI is InChI=1S/C27H37N5O/c1-5-15-28-27(33)14-13-23-20(3)29-26-17-24(30-32(26)21(23)4)25-12-8-9-16-31(25)18-22-11-7-6-10-19(22)2/h6-7,10-11,17,25H,5,8-9,12-16,18H2,1-4H3,(H,28,33)/t25-/m1/s1. The second-order valence-electron chi connectivity index (χ2n) is 9.36. The molecule has 3 heterocycles. The summed E-state index contributed by atoms with van der Waals surface area (Å²) in [5.74, 6) is 0.103. The van der Waals surface area contributed by atoms with E-state index in [4.69, 9.17) is 10.1 Å². The predicted octanol–water partition coefficient (Wildman–Crippen LogP) is 4.84. The number of likely N-dealkylation sites (tertiary alicyclic amines) is 1. The molecule has 33 heavy (non-hydrogen) atoms. The van der Waals surface area contributed by atoms with Gasteiger partial charge in [0.1, 0.15) is 0 Å². The molecular formula is C27H37N5O. The van der Waals surface area contributed by atoms with Crippen LogP contribution < -0.4 is 5.32 Å². The number of carbonyl (C=O) groups is 1. The third-order valence-electron chi connectivity index (χ3n) is 6.95. The summed E-state index contributed by atoms with van der Waals surface area (Å²) in [7, 11) is 0. The van der Waals surface area contributed by atoms with Gasteiger partial charge in [0, 0.05) is 37.0 Å². The maximum atomic E-state index is 12.1. The summed E-state index contributed by atoms with van der Waals surface area (Å²) in [6, 6.07) is 11.1. The van der Waals surface area contributed by atoms with Gasteiger partial charge in [-0.3, -0.25) is 9.69 Å². The summed E-state index contributed by atoms with van der Waals surface area (Å²) in [4.78, 5) is 19.6. The van der Waals surface area contributed by atoms with Gasteiger partial charge in [0.25, 0.3) is 0 Å². The molecule has 0 spiro atoms. The molecule has 1 aliphatic rings. The minimum absolute atomic E-state index is 0.103. The Morgan fingerprint density at radius 2 is 2.00 bits per heavy atom. The highest BCUT2D eigenvalue weighted by atomic mass is 16.1. The third kappa shape index (κ3) is 5.27. The van der Waals surface area contributed by atoms with Crippen molar-refractivity contribution in [2.24, 2.45) is 0 Å². The first-order valence-corrected chi connectivity index (χ1v) is 12.4. The van der Waals surface area contributed by atoms with Crippen LogP contribution in [-0.2, 0) is 17.8 Å².